The lowest BCUT2D eigenvalue weighted by Gasteiger charge is -2.28. The van der Waals surface area contributed by atoms with Crippen molar-refractivity contribution >= 4 is 45.1 Å². The highest BCUT2D eigenvalue weighted by molar-refractivity contribution is 7.17. The van der Waals surface area contributed by atoms with Gasteiger partial charge in [0.2, 0.25) is 0 Å². The summed E-state index contributed by atoms with van der Waals surface area (Å²) in [5.41, 5.74) is 0.873. The van der Waals surface area contributed by atoms with Crippen LogP contribution in [0.5, 0.6) is 0 Å². The Kier molecular flexibility index (Phi) is 5.99. The van der Waals surface area contributed by atoms with Crippen molar-refractivity contribution in [1.29, 1.82) is 0 Å². The first kappa shape index (κ1) is 23.6. The lowest BCUT2D eigenvalue weighted by Crippen LogP contribution is -2.26. The monoisotopic (exact) mass is 479 g/mol. The van der Waals surface area contributed by atoms with E-state index in [2.05, 4.69) is 10.1 Å². The number of esters is 1. The first-order chi connectivity index (χ1) is 16.0. The Morgan fingerprint density at radius 2 is 1.85 bits per heavy atom. The first-order valence-corrected chi connectivity index (χ1v) is 11.5. The molecule has 0 aliphatic heterocycles. The average Bonchev–Trinajstić information content (AvgIpc) is 3.09. The maximum absolute atomic E-state index is 13.5. The summed E-state index contributed by atoms with van der Waals surface area (Å²) >= 11 is 1.21. The molecule has 34 heavy (non-hydrogen) atoms. The van der Waals surface area contributed by atoms with E-state index in [4.69, 9.17) is 4.74 Å². The number of fused-ring (bicyclic) bond motifs is 1. The summed E-state index contributed by atoms with van der Waals surface area (Å²) in [6, 6.07) is 7.16. The van der Waals surface area contributed by atoms with Gasteiger partial charge in [-0.05, 0) is 31.4 Å². The number of aliphatic imine (C=N–C) groups is 1. The molecule has 0 bridgehead atoms. The molecule has 3 aromatic rings. The summed E-state index contributed by atoms with van der Waals surface area (Å²) in [6.07, 6.45) is 1.96. The molecule has 0 radical (unpaired) electrons. The SMILES string of the molecule is COC(=O)c1nn(-c2ccc(C)cc2)c(=O)c2c(/N=C/C3=C(O)CC(C)(C)CC3=O)sc(C)c12. The van der Waals surface area contributed by atoms with Gasteiger partial charge in [-0.25, -0.2) is 9.79 Å². The fourth-order valence-corrected chi connectivity index (χ4v) is 5.07. The summed E-state index contributed by atoms with van der Waals surface area (Å²) in [5.74, 6) is -0.895. The van der Waals surface area contributed by atoms with Crippen molar-refractivity contribution in [3.63, 3.8) is 0 Å². The van der Waals surface area contributed by atoms with Gasteiger partial charge < -0.3 is 9.84 Å². The molecule has 0 unspecified atom stereocenters. The molecule has 0 saturated carbocycles. The number of aryl methyl sites for hydroxylation is 2. The van der Waals surface area contributed by atoms with Crippen LogP contribution < -0.4 is 5.56 Å². The topological polar surface area (TPSA) is 111 Å². The summed E-state index contributed by atoms with van der Waals surface area (Å²) in [5, 5.41) is 15.6. The van der Waals surface area contributed by atoms with Gasteiger partial charge in [0.1, 0.15) is 10.8 Å². The van der Waals surface area contributed by atoms with Crippen LogP contribution in [0.2, 0.25) is 0 Å². The van der Waals surface area contributed by atoms with Crippen LogP contribution in [-0.4, -0.2) is 40.0 Å². The number of ether oxygens (including phenoxy) is 1. The van der Waals surface area contributed by atoms with Gasteiger partial charge in [-0.3, -0.25) is 9.59 Å². The molecule has 2 heterocycles. The normalized spacial score (nSPS) is 16.0. The molecule has 0 atom stereocenters. The van der Waals surface area contributed by atoms with Gasteiger partial charge in [0.25, 0.3) is 5.56 Å². The van der Waals surface area contributed by atoms with Gasteiger partial charge in [-0.2, -0.15) is 9.78 Å². The van der Waals surface area contributed by atoms with E-state index in [1.54, 1.807) is 19.1 Å². The number of aliphatic hydroxyl groups excluding tert-OH is 1. The molecule has 8 nitrogen and oxygen atoms in total. The van der Waals surface area contributed by atoms with Crippen LogP contribution in [-0.2, 0) is 9.53 Å². The molecule has 1 N–H and O–H groups in total. The largest absolute Gasteiger partial charge is 0.511 e. The zero-order chi connectivity index (χ0) is 24.8. The second-order valence-electron chi connectivity index (χ2n) is 9.17. The van der Waals surface area contributed by atoms with Crippen molar-refractivity contribution in [3.8, 4) is 5.69 Å². The number of hydrogen-bond donors (Lipinski definition) is 1. The Hall–Kier alpha value is -3.59. The van der Waals surface area contributed by atoms with Crippen molar-refractivity contribution in [1.82, 2.24) is 9.78 Å². The number of methoxy groups -OCH3 is 1. The fraction of sp³-hybridized carbons (Fsp3) is 0.320. The predicted octanol–water partition coefficient (Wildman–Crippen LogP) is 4.75. The minimum absolute atomic E-state index is 0.00503. The summed E-state index contributed by atoms with van der Waals surface area (Å²) in [7, 11) is 1.25. The Bertz CT molecular complexity index is 1440. The third-order valence-corrected chi connectivity index (χ3v) is 6.79. The average molecular weight is 480 g/mol. The van der Waals surface area contributed by atoms with E-state index in [1.165, 1.54) is 24.7 Å². The van der Waals surface area contributed by atoms with Gasteiger partial charge in [0.15, 0.2) is 11.5 Å². The zero-order valence-corrected chi connectivity index (χ0v) is 20.4. The quantitative estimate of drug-likeness (QED) is 0.427. The molecular formula is C25H25N3O5S. The Balaban J connectivity index is 1.94. The van der Waals surface area contributed by atoms with E-state index in [-0.39, 0.29) is 33.6 Å². The lowest BCUT2D eigenvalue weighted by molar-refractivity contribution is -0.117. The number of allylic oxidation sites excluding steroid dienone is 2. The zero-order valence-electron chi connectivity index (χ0n) is 19.6. The number of ketones is 1. The number of Topliss-reactive ketones (excluding diaryl/α,β-unsaturated/α-hetero) is 1. The highest BCUT2D eigenvalue weighted by atomic mass is 32.1. The highest BCUT2D eigenvalue weighted by Crippen LogP contribution is 2.38. The van der Waals surface area contributed by atoms with Crippen molar-refractivity contribution in [2.45, 2.75) is 40.5 Å². The Morgan fingerprint density at radius 1 is 1.18 bits per heavy atom. The van der Waals surface area contributed by atoms with E-state index in [0.717, 1.165) is 10.2 Å². The van der Waals surface area contributed by atoms with Gasteiger partial charge >= 0.3 is 5.97 Å². The Labute approximate surface area is 200 Å². The number of nitrogens with zero attached hydrogens (tertiary/aromatic N) is 3. The number of rotatable bonds is 4. The van der Waals surface area contributed by atoms with Crippen LogP contribution in [0.3, 0.4) is 0 Å². The number of thiophene rings is 1. The Morgan fingerprint density at radius 3 is 2.47 bits per heavy atom. The third kappa shape index (κ3) is 4.19. The summed E-state index contributed by atoms with van der Waals surface area (Å²) in [4.78, 5) is 43.8. The fourth-order valence-electron chi connectivity index (χ4n) is 4.08. The van der Waals surface area contributed by atoms with Crippen molar-refractivity contribution in [3.05, 3.63) is 62.1 Å². The van der Waals surface area contributed by atoms with Gasteiger partial charge in [-0.15, -0.1) is 11.3 Å². The van der Waals surface area contributed by atoms with Crippen molar-refractivity contribution in [2.75, 3.05) is 7.11 Å². The van der Waals surface area contributed by atoms with Crippen molar-refractivity contribution in [2.24, 2.45) is 10.4 Å². The molecule has 0 spiro atoms. The number of carbonyl (C=O) groups excluding carboxylic acids is 2. The number of hydrogen-bond acceptors (Lipinski definition) is 8. The summed E-state index contributed by atoms with van der Waals surface area (Å²) in [6.45, 7) is 7.52. The van der Waals surface area contributed by atoms with Crippen LogP contribution in [0.1, 0.15) is 47.6 Å². The van der Waals surface area contributed by atoms with Gasteiger partial charge in [0.05, 0.1) is 23.8 Å². The number of aliphatic hydroxyl groups is 1. The standard InChI is InChI=1S/C25H25N3O5S/c1-13-6-8-15(9-7-13)28-23(31)20-19(21(27-28)24(32)33-5)14(2)34-22(20)26-12-16-17(29)10-25(3,4)11-18(16)30/h6-9,12,29H,10-11H2,1-5H3/b26-12+. The first-order valence-electron chi connectivity index (χ1n) is 10.7. The van der Waals surface area contributed by atoms with Crippen LogP contribution in [0.25, 0.3) is 16.5 Å². The van der Waals surface area contributed by atoms with E-state index in [9.17, 15) is 19.5 Å². The van der Waals surface area contributed by atoms with E-state index in [0.29, 0.717) is 33.8 Å². The molecule has 1 aliphatic carbocycles. The van der Waals surface area contributed by atoms with Gasteiger partial charge in [-0.1, -0.05) is 31.5 Å². The second kappa shape index (κ2) is 8.64. The predicted molar refractivity (Wildman–Crippen MR) is 132 cm³/mol. The molecule has 0 saturated heterocycles. The number of benzene rings is 1. The molecule has 2 aromatic heterocycles. The van der Waals surface area contributed by atoms with E-state index >= 15 is 0 Å². The minimum Gasteiger partial charge on any atom is -0.511 e. The molecule has 4 rings (SSSR count). The molecule has 1 aromatic carbocycles. The maximum atomic E-state index is 13.5. The minimum atomic E-state index is -0.674. The van der Waals surface area contributed by atoms with Crippen LogP contribution in [0.4, 0.5) is 5.00 Å². The number of aromatic nitrogens is 2. The van der Waals surface area contributed by atoms with Crippen LogP contribution in [0.15, 0.2) is 45.4 Å². The molecule has 9 heteroatoms. The highest BCUT2D eigenvalue weighted by Gasteiger charge is 2.32. The van der Waals surface area contributed by atoms with Crippen LogP contribution >= 0.6 is 11.3 Å². The molecule has 0 fully saturated rings. The van der Waals surface area contributed by atoms with Gasteiger partial charge in [0, 0.05) is 29.3 Å². The third-order valence-electron chi connectivity index (χ3n) is 5.77. The molecule has 1 aliphatic rings. The van der Waals surface area contributed by atoms with Crippen LogP contribution in [0, 0.1) is 19.3 Å². The lowest BCUT2D eigenvalue weighted by atomic mass is 9.77. The maximum Gasteiger partial charge on any atom is 0.359 e. The molecule has 176 valence electrons. The summed E-state index contributed by atoms with van der Waals surface area (Å²) < 4.78 is 6.08. The van der Waals surface area contributed by atoms with E-state index < -0.39 is 11.5 Å². The smallest absolute Gasteiger partial charge is 0.359 e. The molecular weight excluding hydrogens is 454 g/mol. The number of carbonyl (C=O) groups is 2. The molecule has 0 amide bonds. The van der Waals surface area contributed by atoms with Crippen molar-refractivity contribution < 1.29 is 19.4 Å². The second-order valence-corrected chi connectivity index (χ2v) is 10.4. The van der Waals surface area contributed by atoms with E-state index in [1.807, 2.05) is 32.9 Å².